The molecular formula is C17H24Cl2N2O3. The Kier molecular flexibility index (Phi) is 7.78. The molecule has 2 rings (SSSR count). The van der Waals surface area contributed by atoms with Crippen molar-refractivity contribution in [3.8, 4) is 0 Å². The van der Waals surface area contributed by atoms with Crippen molar-refractivity contribution in [1.29, 1.82) is 0 Å². The standard InChI is InChI=1S/C17H24Cl2N2O3/c1-21(2)7-9-24-16-11-23-8-6-15(16)20-17(22)10-12-13(18)4-3-5-14(12)19/h3-5,15-16H,6-11H2,1-2H3,(H,20,22)/t15-,16-/m1/s1. The van der Waals surface area contributed by atoms with Crippen molar-refractivity contribution in [3.05, 3.63) is 33.8 Å². The summed E-state index contributed by atoms with van der Waals surface area (Å²) >= 11 is 12.3. The summed E-state index contributed by atoms with van der Waals surface area (Å²) in [7, 11) is 3.99. The lowest BCUT2D eigenvalue weighted by Crippen LogP contribution is -2.50. The van der Waals surface area contributed by atoms with Crippen LogP contribution in [0.4, 0.5) is 0 Å². The molecule has 7 heteroatoms. The lowest BCUT2D eigenvalue weighted by atomic mass is 10.0. The molecule has 0 spiro atoms. The predicted octanol–water partition coefficient (Wildman–Crippen LogP) is 2.39. The summed E-state index contributed by atoms with van der Waals surface area (Å²) in [5.41, 5.74) is 0.649. The van der Waals surface area contributed by atoms with Gasteiger partial charge in [0.2, 0.25) is 5.91 Å². The maximum atomic E-state index is 12.4. The second-order valence-corrected chi connectivity index (χ2v) is 6.94. The van der Waals surface area contributed by atoms with Gasteiger partial charge in [0.15, 0.2) is 0 Å². The number of ether oxygens (including phenoxy) is 2. The molecule has 1 aliphatic heterocycles. The molecule has 1 aromatic carbocycles. The first-order valence-corrected chi connectivity index (χ1v) is 8.79. The number of benzene rings is 1. The first-order chi connectivity index (χ1) is 11.5. The van der Waals surface area contributed by atoms with Crippen molar-refractivity contribution in [2.45, 2.75) is 25.0 Å². The van der Waals surface area contributed by atoms with E-state index in [9.17, 15) is 4.79 Å². The molecule has 134 valence electrons. The highest BCUT2D eigenvalue weighted by Crippen LogP contribution is 2.24. The highest BCUT2D eigenvalue weighted by molar-refractivity contribution is 6.36. The van der Waals surface area contributed by atoms with Crippen molar-refractivity contribution in [3.63, 3.8) is 0 Å². The molecule has 0 aromatic heterocycles. The van der Waals surface area contributed by atoms with Gasteiger partial charge in [0, 0.05) is 23.2 Å². The highest BCUT2D eigenvalue weighted by Gasteiger charge is 2.28. The fourth-order valence-electron chi connectivity index (χ4n) is 2.55. The summed E-state index contributed by atoms with van der Waals surface area (Å²) in [6, 6.07) is 5.17. The SMILES string of the molecule is CN(C)CCO[C@@H]1COCC[C@H]1NC(=O)Cc1c(Cl)cccc1Cl. The van der Waals surface area contributed by atoms with Crippen LogP contribution < -0.4 is 5.32 Å². The third-order valence-corrected chi connectivity index (χ3v) is 4.63. The van der Waals surface area contributed by atoms with E-state index in [2.05, 4.69) is 10.2 Å². The van der Waals surface area contributed by atoms with Gasteiger partial charge in [-0.1, -0.05) is 29.3 Å². The van der Waals surface area contributed by atoms with Gasteiger partial charge in [-0.25, -0.2) is 0 Å². The summed E-state index contributed by atoms with van der Waals surface area (Å²) in [5, 5.41) is 4.04. The monoisotopic (exact) mass is 374 g/mol. The zero-order chi connectivity index (χ0) is 17.5. The topological polar surface area (TPSA) is 50.8 Å². The largest absolute Gasteiger partial charge is 0.379 e. The molecule has 24 heavy (non-hydrogen) atoms. The minimum Gasteiger partial charge on any atom is -0.379 e. The fraction of sp³-hybridized carbons (Fsp3) is 0.588. The van der Waals surface area contributed by atoms with Crippen molar-refractivity contribution in [1.82, 2.24) is 10.2 Å². The van der Waals surface area contributed by atoms with Gasteiger partial charge < -0.3 is 19.7 Å². The number of nitrogens with zero attached hydrogens (tertiary/aromatic N) is 1. The van der Waals surface area contributed by atoms with Crippen LogP contribution in [0.25, 0.3) is 0 Å². The van der Waals surface area contributed by atoms with Crippen LogP contribution in [-0.2, 0) is 20.7 Å². The second-order valence-electron chi connectivity index (χ2n) is 6.13. The van der Waals surface area contributed by atoms with Gasteiger partial charge in [-0.15, -0.1) is 0 Å². The molecule has 1 aromatic rings. The van der Waals surface area contributed by atoms with Gasteiger partial charge in [0.05, 0.1) is 25.7 Å². The number of carbonyl (C=O) groups excluding carboxylic acids is 1. The summed E-state index contributed by atoms with van der Waals surface area (Å²) < 4.78 is 11.3. The Hall–Kier alpha value is -0.850. The number of amides is 1. The number of likely N-dealkylation sites (N-methyl/N-ethyl adjacent to an activating group) is 1. The zero-order valence-corrected chi connectivity index (χ0v) is 15.6. The number of halogens is 2. The Labute approximate surface area is 153 Å². The fourth-order valence-corrected chi connectivity index (χ4v) is 3.08. The molecule has 0 bridgehead atoms. The van der Waals surface area contributed by atoms with Crippen LogP contribution in [0.15, 0.2) is 18.2 Å². The number of nitrogens with one attached hydrogen (secondary N) is 1. The predicted molar refractivity (Wildman–Crippen MR) is 95.8 cm³/mol. The lowest BCUT2D eigenvalue weighted by molar-refractivity contribution is -0.125. The van der Waals surface area contributed by atoms with E-state index in [-0.39, 0.29) is 24.5 Å². The number of carbonyl (C=O) groups is 1. The van der Waals surface area contributed by atoms with Gasteiger partial charge in [-0.3, -0.25) is 4.79 Å². The van der Waals surface area contributed by atoms with Crippen LogP contribution in [-0.4, -0.2) is 63.4 Å². The molecule has 2 atom stereocenters. The van der Waals surface area contributed by atoms with Crippen LogP contribution >= 0.6 is 23.2 Å². The Bertz CT molecular complexity index is 534. The maximum absolute atomic E-state index is 12.4. The van der Waals surface area contributed by atoms with Crippen LogP contribution in [0, 0.1) is 0 Å². The Morgan fingerprint density at radius 2 is 2.08 bits per heavy atom. The van der Waals surface area contributed by atoms with Crippen LogP contribution in [0.2, 0.25) is 10.0 Å². The Morgan fingerprint density at radius 1 is 1.38 bits per heavy atom. The van der Waals surface area contributed by atoms with Crippen LogP contribution in [0.1, 0.15) is 12.0 Å². The molecule has 1 heterocycles. The first kappa shape index (κ1) is 19.5. The maximum Gasteiger partial charge on any atom is 0.224 e. The van der Waals surface area contributed by atoms with Crippen LogP contribution in [0.3, 0.4) is 0 Å². The first-order valence-electron chi connectivity index (χ1n) is 8.03. The number of hydrogen-bond acceptors (Lipinski definition) is 4. The summed E-state index contributed by atoms with van der Waals surface area (Å²) in [6.07, 6.45) is 0.749. The molecular weight excluding hydrogens is 351 g/mol. The van der Waals surface area contributed by atoms with Gasteiger partial charge in [-0.05, 0) is 38.2 Å². The van der Waals surface area contributed by atoms with Crippen LogP contribution in [0.5, 0.6) is 0 Å². The van der Waals surface area contributed by atoms with Gasteiger partial charge in [0.25, 0.3) is 0 Å². The molecule has 0 radical (unpaired) electrons. The normalized spacial score (nSPS) is 21.0. The van der Waals surface area contributed by atoms with Gasteiger partial charge in [0.1, 0.15) is 6.10 Å². The molecule has 1 N–H and O–H groups in total. The molecule has 1 saturated heterocycles. The number of hydrogen-bond donors (Lipinski definition) is 1. The van der Waals surface area contributed by atoms with Crippen molar-refractivity contribution in [2.75, 3.05) is 40.5 Å². The van der Waals surface area contributed by atoms with Crippen molar-refractivity contribution >= 4 is 29.1 Å². The van der Waals surface area contributed by atoms with E-state index in [0.717, 1.165) is 13.0 Å². The molecule has 0 aliphatic carbocycles. The third kappa shape index (κ3) is 5.90. The molecule has 1 aliphatic rings. The smallest absolute Gasteiger partial charge is 0.224 e. The van der Waals surface area contributed by atoms with Gasteiger partial charge >= 0.3 is 0 Å². The quantitative estimate of drug-likeness (QED) is 0.795. The number of rotatable bonds is 7. The third-order valence-electron chi connectivity index (χ3n) is 3.92. The second kappa shape index (κ2) is 9.59. The van der Waals surface area contributed by atoms with E-state index in [0.29, 0.717) is 35.4 Å². The van der Waals surface area contributed by atoms with E-state index in [1.54, 1.807) is 18.2 Å². The van der Waals surface area contributed by atoms with Crippen molar-refractivity contribution < 1.29 is 14.3 Å². The Morgan fingerprint density at radius 3 is 2.75 bits per heavy atom. The molecule has 1 amide bonds. The van der Waals surface area contributed by atoms with Crippen molar-refractivity contribution in [2.24, 2.45) is 0 Å². The summed E-state index contributed by atoms with van der Waals surface area (Å²) in [6.45, 7) is 2.53. The molecule has 0 unspecified atom stereocenters. The Balaban J connectivity index is 1.90. The van der Waals surface area contributed by atoms with E-state index in [4.69, 9.17) is 32.7 Å². The molecule has 0 saturated carbocycles. The van der Waals surface area contributed by atoms with Gasteiger partial charge in [-0.2, -0.15) is 0 Å². The van der Waals surface area contributed by atoms with E-state index in [1.165, 1.54) is 0 Å². The average molecular weight is 375 g/mol. The van der Waals surface area contributed by atoms with E-state index in [1.807, 2.05) is 14.1 Å². The lowest BCUT2D eigenvalue weighted by Gasteiger charge is -2.32. The summed E-state index contributed by atoms with van der Waals surface area (Å²) in [5.74, 6) is -0.113. The minimum atomic E-state index is -0.135. The molecule has 1 fully saturated rings. The van der Waals surface area contributed by atoms with E-state index >= 15 is 0 Å². The summed E-state index contributed by atoms with van der Waals surface area (Å²) in [4.78, 5) is 14.4. The van der Waals surface area contributed by atoms with E-state index < -0.39 is 0 Å². The minimum absolute atomic E-state index is 0.0605. The highest BCUT2D eigenvalue weighted by atomic mass is 35.5. The zero-order valence-electron chi connectivity index (χ0n) is 14.1. The molecule has 5 nitrogen and oxygen atoms in total. The average Bonchev–Trinajstić information content (AvgIpc) is 2.52.